The number of nitriles is 1. The average molecular weight is 280 g/mol. The van der Waals surface area contributed by atoms with E-state index in [1.54, 1.807) is 24.7 Å². The minimum absolute atomic E-state index is 0.627. The summed E-state index contributed by atoms with van der Waals surface area (Å²) >= 11 is 0. The van der Waals surface area contributed by atoms with Gasteiger partial charge in [-0.25, -0.2) is 15.0 Å². The van der Waals surface area contributed by atoms with Crippen molar-refractivity contribution in [2.45, 2.75) is 6.42 Å². The third kappa shape index (κ3) is 2.92. The molecule has 1 fully saturated rings. The highest BCUT2D eigenvalue weighted by atomic mass is 15.3. The van der Waals surface area contributed by atoms with Crippen LogP contribution in [-0.4, -0.2) is 41.1 Å². The molecule has 2 aromatic rings. The monoisotopic (exact) mass is 280 g/mol. The molecule has 0 saturated carbocycles. The van der Waals surface area contributed by atoms with Crippen LogP contribution in [0.2, 0.25) is 0 Å². The Hall–Kier alpha value is -2.68. The predicted molar refractivity (Wildman–Crippen MR) is 80.0 cm³/mol. The van der Waals surface area contributed by atoms with Crippen LogP contribution in [0.1, 0.15) is 12.0 Å². The zero-order valence-electron chi connectivity index (χ0n) is 11.7. The zero-order chi connectivity index (χ0) is 14.5. The third-order valence-electron chi connectivity index (χ3n) is 3.54. The highest BCUT2D eigenvalue weighted by Gasteiger charge is 2.19. The van der Waals surface area contributed by atoms with E-state index in [0.717, 1.165) is 44.4 Å². The van der Waals surface area contributed by atoms with E-state index in [-0.39, 0.29) is 0 Å². The van der Waals surface area contributed by atoms with Crippen molar-refractivity contribution in [2.75, 3.05) is 36.0 Å². The van der Waals surface area contributed by atoms with E-state index in [1.807, 2.05) is 12.1 Å². The maximum atomic E-state index is 9.20. The summed E-state index contributed by atoms with van der Waals surface area (Å²) in [7, 11) is 0. The molecule has 3 rings (SSSR count). The zero-order valence-corrected chi connectivity index (χ0v) is 11.7. The van der Waals surface area contributed by atoms with E-state index >= 15 is 0 Å². The van der Waals surface area contributed by atoms with Crippen LogP contribution in [0.15, 0.2) is 36.8 Å². The number of pyridine rings is 1. The first-order chi connectivity index (χ1) is 10.4. The topological polar surface area (TPSA) is 68.9 Å². The standard InChI is InChI=1S/C15H16N6/c16-12-13-4-1-5-17-14(13)20-8-3-9-21(11-10-20)15-18-6-2-7-19-15/h1-2,4-7H,3,8-11H2. The highest BCUT2D eigenvalue weighted by molar-refractivity contribution is 5.53. The molecular weight excluding hydrogens is 264 g/mol. The summed E-state index contributed by atoms with van der Waals surface area (Å²) in [5.41, 5.74) is 0.627. The number of hydrogen-bond acceptors (Lipinski definition) is 6. The molecule has 0 aliphatic carbocycles. The molecule has 3 heterocycles. The quantitative estimate of drug-likeness (QED) is 0.829. The van der Waals surface area contributed by atoms with Crippen molar-refractivity contribution in [3.8, 4) is 6.07 Å². The summed E-state index contributed by atoms with van der Waals surface area (Å²) in [4.78, 5) is 17.3. The average Bonchev–Trinajstić information content (AvgIpc) is 2.81. The van der Waals surface area contributed by atoms with Crippen molar-refractivity contribution in [1.29, 1.82) is 5.26 Å². The van der Waals surface area contributed by atoms with Gasteiger partial charge in [-0.1, -0.05) is 0 Å². The smallest absolute Gasteiger partial charge is 0.225 e. The molecule has 0 bridgehead atoms. The molecule has 6 nitrogen and oxygen atoms in total. The van der Waals surface area contributed by atoms with Gasteiger partial charge in [-0.3, -0.25) is 0 Å². The van der Waals surface area contributed by atoms with E-state index < -0.39 is 0 Å². The molecule has 0 N–H and O–H groups in total. The van der Waals surface area contributed by atoms with Crippen LogP contribution in [0.4, 0.5) is 11.8 Å². The molecular formula is C15H16N6. The van der Waals surface area contributed by atoms with Crippen LogP contribution in [0.5, 0.6) is 0 Å². The fourth-order valence-electron chi connectivity index (χ4n) is 2.52. The Bertz CT molecular complexity index is 636. The minimum atomic E-state index is 0.627. The molecule has 0 aromatic carbocycles. The lowest BCUT2D eigenvalue weighted by atomic mass is 10.2. The Morgan fingerprint density at radius 1 is 0.905 bits per heavy atom. The van der Waals surface area contributed by atoms with Crippen LogP contribution in [0.3, 0.4) is 0 Å². The van der Waals surface area contributed by atoms with Crippen molar-refractivity contribution in [3.63, 3.8) is 0 Å². The molecule has 0 unspecified atom stereocenters. The Morgan fingerprint density at radius 3 is 2.43 bits per heavy atom. The van der Waals surface area contributed by atoms with Gasteiger partial charge in [0.05, 0.1) is 5.56 Å². The molecule has 1 aliphatic rings. The van der Waals surface area contributed by atoms with Crippen molar-refractivity contribution < 1.29 is 0 Å². The van der Waals surface area contributed by atoms with E-state index in [4.69, 9.17) is 0 Å². The lowest BCUT2D eigenvalue weighted by Gasteiger charge is -2.23. The molecule has 1 aliphatic heterocycles. The Kier molecular flexibility index (Phi) is 3.92. The first kappa shape index (κ1) is 13.3. The number of rotatable bonds is 2. The van der Waals surface area contributed by atoms with Gasteiger partial charge in [-0.15, -0.1) is 0 Å². The molecule has 0 atom stereocenters. The fraction of sp³-hybridized carbons (Fsp3) is 0.333. The van der Waals surface area contributed by atoms with Gasteiger partial charge < -0.3 is 9.80 Å². The first-order valence-corrected chi connectivity index (χ1v) is 7.00. The fourth-order valence-corrected chi connectivity index (χ4v) is 2.52. The summed E-state index contributed by atoms with van der Waals surface area (Å²) in [6.07, 6.45) is 6.24. The van der Waals surface area contributed by atoms with Crippen molar-refractivity contribution >= 4 is 11.8 Å². The molecule has 0 spiro atoms. The number of nitrogens with zero attached hydrogens (tertiary/aromatic N) is 6. The Morgan fingerprint density at radius 2 is 1.62 bits per heavy atom. The lowest BCUT2D eigenvalue weighted by molar-refractivity contribution is 0.781. The van der Waals surface area contributed by atoms with Crippen LogP contribution < -0.4 is 9.80 Å². The second kappa shape index (κ2) is 6.18. The van der Waals surface area contributed by atoms with E-state index in [2.05, 4.69) is 30.8 Å². The number of anilines is 2. The van der Waals surface area contributed by atoms with Gasteiger partial charge in [-0.05, 0) is 24.6 Å². The van der Waals surface area contributed by atoms with Crippen molar-refractivity contribution in [1.82, 2.24) is 15.0 Å². The van der Waals surface area contributed by atoms with E-state index in [9.17, 15) is 5.26 Å². The Balaban J connectivity index is 1.76. The first-order valence-electron chi connectivity index (χ1n) is 7.00. The molecule has 0 radical (unpaired) electrons. The summed E-state index contributed by atoms with van der Waals surface area (Å²) in [6, 6.07) is 7.64. The van der Waals surface area contributed by atoms with Crippen LogP contribution in [0, 0.1) is 11.3 Å². The molecule has 2 aromatic heterocycles. The van der Waals surface area contributed by atoms with Gasteiger partial charge in [-0.2, -0.15) is 5.26 Å². The SMILES string of the molecule is N#Cc1cccnc1N1CCCN(c2ncccn2)CC1. The van der Waals surface area contributed by atoms with Crippen molar-refractivity contribution in [2.24, 2.45) is 0 Å². The van der Waals surface area contributed by atoms with Crippen LogP contribution >= 0.6 is 0 Å². The van der Waals surface area contributed by atoms with Crippen molar-refractivity contribution in [3.05, 3.63) is 42.4 Å². The molecule has 21 heavy (non-hydrogen) atoms. The van der Waals surface area contributed by atoms with Gasteiger partial charge in [0, 0.05) is 44.8 Å². The highest BCUT2D eigenvalue weighted by Crippen LogP contribution is 2.19. The second-order valence-corrected chi connectivity index (χ2v) is 4.86. The summed E-state index contributed by atoms with van der Waals surface area (Å²) < 4.78 is 0. The van der Waals surface area contributed by atoms with E-state index in [0.29, 0.717) is 5.56 Å². The number of aromatic nitrogens is 3. The molecule has 106 valence electrons. The van der Waals surface area contributed by atoms with Crippen LogP contribution in [0.25, 0.3) is 0 Å². The number of hydrogen-bond donors (Lipinski definition) is 0. The Labute approximate surface area is 123 Å². The van der Waals surface area contributed by atoms with Gasteiger partial charge in [0.1, 0.15) is 11.9 Å². The summed E-state index contributed by atoms with van der Waals surface area (Å²) in [5, 5.41) is 9.20. The van der Waals surface area contributed by atoms with Gasteiger partial charge in [0.2, 0.25) is 5.95 Å². The van der Waals surface area contributed by atoms with Gasteiger partial charge in [0.25, 0.3) is 0 Å². The predicted octanol–water partition coefficient (Wildman–Crippen LogP) is 1.46. The van der Waals surface area contributed by atoms with Gasteiger partial charge in [0.15, 0.2) is 0 Å². The lowest BCUT2D eigenvalue weighted by Crippen LogP contribution is -2.32. The van der Waals surface area contributed by atoms with E-state index in [1.165, 1.54) is 0 Å². The van der Waals surface area contributed by atoms with Crippen LogP contribution in [-0.2, 0) is 0 Å². The summed E-state index contributed by atoms with van der Waals surface area (Å²) in [6.45, 7) is 3.43. The largest absolute Gasteiger partial charge is 0.354 e. The van der Waals surface area contributed by atoms with Gasteiger partial charge >= 0.3 is 0 Å². The maximum absolute atomic E-state index is 9.20. The normalized spacial score (nSPS) is 15.4. The molecule has 0 amide bonds. The maximum Gasteiger partial charge on any atom is 0.225 e. The minimum Gasteiger partial charge on any atom is -0.354 e. The molecule has 6 heteroatoms. The third-order valence-corrected chi connectivity index (χ3v) is 3.54. The second-order valence-electron chi connectivity index (χ2n) is 4.86. The molecule has 1 saturated heterocycles. The summed E-state index contributed by atoms with van der Waals surface area (Å²) in [5.74, 6) is 1.54.